The van der Waals surface area contributed by atoms with E-state index < -0.39 is 28.5 Å². The predicted octanol–water partition coefficient (Wildman–Crippen LogP) is 5.44. The van der Waals surface area contributed by atoms with E-state index >= 15 is 0 Å². The van der Waals surface area contributed by atoms with Gasteiger partial charge in [-0.3, -0.25) is 13.9 Å². The van der Waals surface area contributed by atoms with Crippen molar-refractivity contribution in [1.82, 2.24) is 10.2 Å². The lowest BCUT2D eigenvalue weighted by Crippen LogP contribution is -2.52. The van der Waals surface area contributed by atoms with Crippen molar-refractivity contribution in [2.24, 2.45) is 0 Å². The van der Waals surface area contributed by atoms with Gasteiger partial charge in [-0.2, -0.15) is 0 Å². The number of benzene rings is 3. The fourth-order valence-electron chi connectivity index (χ4n) is 3.97. The molecule has 2 amide bonds. The number of anilines is 1. The van der Waals surface area contributed by atoms with Crippen LogP contribution in [0, 0.1) is 6.92 Å². The first-order valence-electron chi connectivity index (χ1n) is 12.2. The summed E-state index contributed by atoms with van der Waals surface area (Å²) in [6, 6.07) is 18.8. The quantitative estimate of drug-likeness (QED) is 0.330. The lowest BCUT2D eigenvalue weighted by atomic mass is 10.1. The van der Waals surface area contributed by atoms with Gasteiger partial charge in [-0.05, 0) is 74.4 Å². The van der Waals surface area contributed by atoms with Crippen LogP contribution in [0.4, 0.5) is 5.69 Å². The molecule has 3 rings (SSSR count). The van der Waals surface area contributed by atoms with Crippen LogP contribution in [-0.2, 0) is 26.2 Å². The van der Waals surface area contributed by atoms with E-state index in [4.69, 9.17) is 23.2 Å². The number of carbonyl (C=O) groups excluding carboxylic acids is 2. The first-order valence-corrected chi connectivity index (χ1v) is 14.4. The van der Waals surface area contributed by atoms with Gasteiger partial charge >= 0.3 is 0 Å². The summed E-state index contributed by atoms with van der Waals surface area (Å²) in [6.07, 6.45) is 0.347. The molecule has 0 saturated carbocycles. The van der Waals surface area contributed by atoms with Crippen molar-refractivity contribution < 1.29 is 18.0 Å². The Balaban J connectivity index is 2.04. The van der Waals surface area contributed by atoms with Crippen molar-refractivity contribution in [2.45, 2.75) is 44.7 Å². The molecule has 3 aromatic carbocycles. The van der Waals surface area contributed by atoms with Gasteiger partial charge in [0.15, 0.2) is 0 Å². The molecule has 38 heavy (non-hydrogen) atoms. The van der Waals surface area contributed by atoms with Crippen LogP contribution in [0.5, 0.6) is 0 Å². The molecule has 0 aliphatic rings. The van der Waals surface area contributed by atoms with E-state index in [1.54, 1.807) is 55.5 Å². The SMILES string of the molecule is CCNC(=O)C(CC)N(Cc1ccc(Cl)cc1)C(=O)CN(c1ccc(C)cc1)S(=O)(=O)c1ccc(Cl)cc1. The third-order valence-electron chi connectivity index (χ3n) is 6.01. The number of nitrogens with zero attached hydrogens (tertiary/aromatic N) is 2. The van der Waals surface area contributed by atoms with Gasteiger partial charge < -0.3 is 10.2 Å². The van der Waals surface area contributed by atoms with Crippen LogP contribution >= 0.6 is 23.2 Å². The molecule has 7 nitrogen and oxygen atoms in total. The third-order valence-corrected chi connectivity index (χ3v) is 8.30. The highest BCUT2D eigenvalue weighted by Crippen LogP contribution is 2.26. The smallest absolute Gasteiger partial charge is 0.264 e. The number of aryl methyl sites for hydroxylation is 1. The van der Waals surface area contributed by atoms with Gasteiger partial charge in [0.1, 0.15) is 12.6 Å². The number of sulfonamides is 1. The molecule has 3 aromatic rings. The summed E-state index contributed by atoms with van der Waals surface area (Å²) in [4.78, 5) is 28.3. The number of rotatable bonds is 11. The highest BCUT2D eigenvalue weighted by atomic mass is 35.5. The van der Waals surface area contributed by atoms with Crippen molar-refractivity contribution in [1.29, 1.82) is 0 Å². The van der Waals surface area contributed by atoms with E-state index in [0.29, 0.717) is 28.7 Å². The first kappa shape index (κ1) is 29.5. The van der Waals surface area contributed by atoms with Crippen molar-refractivity contribution in [3.63, 3.8) is 0 Å². The maximum atomic E-state index is 13.9. The highest BCUT2D eigenvalue weighted by Gasteiger charge is 2.33. The zero-order valence-corrected chi connectivity index (χ0v) is 23.9. The maximum absolute atomic E-state index is 13.9. The fourth-order valence-corrected chi connectivity index (χ4v) is 5.64. The van der Waals surface area contributed by atoms with Crippen molar-refractivity contribution in [2.75, 3.05) is 17.4 Å². The summed E-state index contributed by atoms with van der Waals surface area (Å²) in [5, 5.41) is 3.72. The Morgan fingerprint density at radius 2 is 1.42 bits per heavy atom. The Labute approximate surface area is 234 Å². The minimum Gasteiger partial charge on any atom is -0.355 e. The number of hydrogen-bond donors (Lipinski definition) is 1. The van der Waals surface area contributed by atoms with Gasteiger partial charge in [0.2, 0.25) is 11.8 Å². The van der Waals surface area contributed by atoms with Gasteiger partial charge in [0, 0.05) is 23.1 Å². The largest absolute Gasteiger partial charge is 0.355 e. The number of nitrogens with one attached hydrogen (secondary N) is 1. The lowest BCUT2D eigenvalue weighted by Gasteiger charge is -2.33. The van der Waals surface area contributed by atoms with E-state index in [-0.39, 0.29) is 17.3 Å². The van der Waals surface area contributed by atoms with E-state index in [1.165, 1.54) is 29.2 Å². The molecule has 0 aliphatic carbocycles. The molecule has 0 aliphatic heterocycles. The number of halogens is 2. The van der Waals surface area contributed by atoms with Gasteiger partial charge in [0.25, 0.3) is 10.0 Å². The van der Waals surface area contributed by atoms with Crippen LogP contribution in [-0.4, -0.2) is 44.3 Å². The average molecular weight is 577 g/mol. The molecule has 1 atom stereocenters. The summed E-state index contributed by atoms with van der Waals surface area (Å²) in [7, 11) is -4.14. The van der Waals surface area contributed by atoms with Crippen LogP contribution < -0.4 is 9.62 Å². The Kier molecular flexibility index (Phi) is 10.2. The summed E-state index contributed by atoms with van der Waals surface area (Å²) < 4.78 is 28.6. The molecule has 202 valence electrons. The molecule has 1 N–H and O–H groups in total. The summed E-state index contributed by atoms with van der Waals surface area (Å²) in [6.45, 7) is 5.50. The van der Waals surface area contributed by atoms with Crippen molar-refractivity contribution in [3.8, 4) is 0 Å². The lowest BCUT2D eigenvalue weighted by molar-refractivity contribution is -0.140. The Hall–Kier alpha value is -3.07. The standard InChI is InChI=1S/C28H31Cl2N3O4S/c1-4-26(28(35)31-5-2)32(18-21-8-10-22(29)11-9-21)27(34)19-33(24-14-6-20(3)7-15-24)38(36,37)25-16-12-23(30)13-17-25/h6-17,26H,4-5,18-19H2,1-3H3,(H,31,35). The molecular weight excluding hydrogens is 545 g/mol. The zero-order valence-electron chi connectivity index (χ0n) is 21.5. The zero-order chi connectivity index (χ0) is 27.9. The second-order valence-corrected chi connectivity index (χ2v) is 11.5. The number of amides is 2. The van der Waals surface area contributed by atoms with Crippen LogP contribution in [0.1, 0.15) is 31.4 Å². The Morgan fingerprint density at radius 1 is 0.868 bits per heavy atom. The monoisotopic (exact) mass is 575 g/mol. The fraction of sp³-hybridized carbons (Fsp3) is 0.286. The van der Waals surface area contributed by atoms with Gasteiger partial charge in [-0.15, -0.1) is 0 Å². The molecule has 1 unspecified atom stereocenters. The normalized spacial score (nSPS) is 12.0. The van der Waals surface area contributed by atoms with E-state index in [9.17, 15) is 18.0 Å². The van der Waals surface area contributed by atoms with Crippen LogP contribution in [0.2, 0.25) is 10.0 Å². The molecule has 10 heteroatoms. The van der Waals surface area contributed by atoms with Crippen molar-refractivity contribution >= 4 is 50.7 Å². The maximum Gasteiger partial charge on any atom is 0.264 e. The third kappa shape index (κ3) is 7.28. The molecule has 0 fully saturated rings. The van der Waals surface area contributed by atoms with Crippen molar-refractivity contribution in [3.05, 3.63) is 94.0 Å². The molecule has 0 spiro atoms. The van der Waals surface area contributed by atoms with Crippen LogP contribution in [0.3, 0.4) is 0 Å². The van der Waals surface area contributed by atoms with Crippen LogP contribution in [0.15, 0.2) is 77.7 Å². The molecule has 0 bridgehead atoms. The highest BCUT2D eigenvalue weighted by molar-refractivity contribution is 7.92. The molecule has 0 heterocycles. The summed E-state index contributed by atoms with van der Waals surface area (Å²) in [5.41, 5.74) is 2.03. The Bertz CT molecular complexity index is 1350. The van der Waals surface area contributed by atoms with Gasteiger partial charge in [-0.25, -0.2) is 8.42 Å². The molecule has 0 radical (unpaired) electrons. The number of likely N-dealkylation sites (N-methyl/N-ethyl adjacent to an activating group) is 1. The molecule has 0 aromatic heterocycles. The Morgan fingerprint density at radius 3 is 1.95 bits per heavy atom. The second kappa shape index (κ2) is 13.1. The van der Waals surface area contributed by atoms with E-state index in [1.807, 2.05) is 13.8 Å². The van der Waals surface area contributed by atoms with E-state index in [2.05, 4.69) is 5.32 Å². The minimum atomic E-state index is -4.14. The minimum absolute atomic E-state index is 0.00436. The average Bonchev–Trinajstić information content (AvgIpc) is 2.89. The number of carbonyl (C=O) groups is 2. The second-order valence-electron chi connectivity index (χ2n) is 8.77. The topological polar surface area (TPSA) is 86.8 Å². The van der Waals surface area contributed by atoms with E-state index in [0.717, 1.165) is 15.4 Å². The van der Waals surface area contributed by atoms with Gasteiger partial charge in [0.05, 0.1) is 10.6 Å². The molecule has 0 saturated heterocycles. The first-order chi connectivity index (χ1) is 18.1. The summed E-state index contributed by atoms with van der Waals surface area (Å²) in [5.74, 6) is -0.823. The molecular formula is C28H31Cl2N3O4S. The number of hydrogen-bond acceptors (Lipinski definition) is 4. The van der Waals surface area contributed by atoms with Gasteiger partial charge in [-0.1, -0.05) is 60.0 Å². The predicted molar refractivity (Wildman–Crippen MR) is 152 cm³/mol. The summed E-state index contributed by atoms with van der Waals surface area (Å²) >= 11 is 12.0. The van der Waals surface area contributed by atoms with Crippen LogP contribution in [0.25, 0.3) is 0 Å².